The smallest absolute Gasteiger partial charge is 0.234 e. The van der Waals surface area contributed by atoms with E-state index in [1.807, 2.05) is 18.2 Å². The molecule has 8 bridgehead atoms. The number of nitrogens with zero attached hydrogens (tertiary/aromatic N) is 5. The molecule has 8 rings (SSSR count). The summed E-state index contributed by atoms with van der Waals surface area (Å²) in [6.07, 6.45) is 4.19. The molecule has 0 aliphatic carbocycles. The maximum atomic E-state index is 15.3. The van der Waals surface area contributed by atoms with Gasteiger partial charge < -0.3 is 16.0 Å². The quantitative estimate of drug-likeness (QED) is 0.455. The Morgan fingerprint density at radius 2 is 1.69 bits per heavy atom. The van der Waals surface area contributed by atoms with Gasteiger partial charge in [-0.2, -0.15) is 0 Å². The molecule has 182 valence electrons. The summed E-state index contributed by atoms with van der Waals surface area (Å²) in [5.41, 5.74) is 2.48. The zero-order valence-corrected chi connectivity index (χ0v) is 19.5. The van der Waals surface area contributed by atoms with E-state index in [4.69, 9.17) is 0 Å². The molecule has 0 spiro atoms. The van der Waals surface area contributed by atoms with Crippen molar-refractivity contribution >= 4 is 23.4 Å². The Labute approximate surface area is 203 Å². The lowest BCUT2D eigenvalue weighted by Gasteiger charge is -2.34. The number of carbonyl (C=O) groups is 1. The molecule has 1 amide bonds. The first-order chi connectivity index (χ1) is 17.1. The van der Waals surface area contributed by atoms with Crippen LogP contribution in [-0.2, 0) is 11.3 Å². The maximum Gasteiger partial charge on any atom is 0.234 e. The van der Waals surface area contributed by atoms with Gasteiger partial charge in [0, 0.05) is 69.3 Å². The van der Waals surface area contributed by atoms with Gasteiger partial charge in [0.2, 0.25) is 11.9 Å². The Kier molecular flexibility index (Phi) is 7.10. The molecule has 7 heterocycles. The zero-order chi connectivity index (χ0) is 24.0. The minimum atomic E-state index is -0.307. The van der Waals surface area contributed by atoms with E-state index in [1.165, 1.54) is 0 Å². The van der Waals surface area contributed by atoms with Crippen molar-refractivity contribution in [2.45, 2.75) is 13.0 Å². The van der Waals surface area contributed by atoms with E-state index in [0.29, 0.717) is 49.1 Å². The lowest BCUT2D eigenvalue weighted by molar-refractivity contribution is -0.122. The number of piperazine rings is 1. The van der Waals surface area contributed by atoms with Crippen molar-refractivity contribution < 1.29 is 9.18 Å². The van der Waals surface area contributed by atoms with E-state index in [1.54, 1.807) is 30.6 Å². The first kappa shape index (κ1) is 23.1. The molecule has 5 aliphatic heterocycles. The summed E-state index contributed by atoms with van der Waals surface area (Å²) in [6.45, 7) is 5.32. The maximum absolute atomic E-state index is 15.3. The summed E-state index contributed by atoms with van der Waals surface area (Å²) in [4.78, 5) is 30.0. The molecule has 9 nitrogen and oxygen atoms in total. The molecule has 3 aromatic rings. The number of pyridine rings is 1. The first-order valence-electron chi connectivity index (χ1n) is 11.9. The van der Waals surface area contributed by atoms with E-state index in [9.17, 15) is 4.79 Å². The fourth-order valence-electron chi connectivity index (χ4n) is 4.29. The molecule has 35 heavy (non-hydrogen) atoms. The highest BCUT2D eigenvalue weighted by Gasteiger charge is 2.20. The van der Waals surface area contributed by atoms with Crippen molar-refractivity contribution in [3.05, 3.63) is 60.2 Å². The van der Waals surface area contributed by atoms with Gasteiger partial charge in [-0.15, -0.1) is 0 Å². The molecule has 5 aliphatic rings. The van der Waals surface area contributed by atoms with Gasteiger partial charge in [-0.05, 0) is 30.7 Å². The van der Waals surface area contributed by atoms with Gasteiger partial charge in [0.05, 0.1) is 17.9 Å². The number of aromatic nitrogens is 3. The molecule has 0 saturated carbocycles. The third-order valence-electron chi connectivity index (χ3n) is 6.25. The fourth-order valence-corrected chi connectivity index (χ4v) is 4.29. The Morgan fingerprint density at radius 3 is 2.49 bits per heavy atom. The third kappa shape index (κ3) is 5.90. The van der Waals surface area contributed by atoms with Crippen LogP contribution in [0, 0.1) is 5.82 Å². The number of benzene rings is 1. The van der Waals surface area contributed by atoms with Crippen LogP contribution in [0.4, 0.5) is 21.8 Å². The lowest BCUT2D eigenvalue weighted by atomic mass is 10.1. The molecule has 0 atom stereocenters. The standard InChI is InChI=1S/C25H29FN8O/c26-24-19-3-1-4-21(24)32-25-29-10-7-20(31-25)18-5-6-22(30-15-18)27-8-2-9-28-23(35)17-34-13-11-33(16-19)12-14-34/h1,3-7,10,15H,2,8-9,11-14,16-17H2,(H,27,30)(H,28,35)(H,29,31,32). The van der Waals surface area contributed by atoms with E-state index >= 15 is 4.39 Å². The second-order valence-corrected chi connectivity index (χ2v) is 8.78. The minimum Gasteiger partial charge on any atom is -0.370 e. The molecule has 3 N–H and O–H groups in total. The number of halogens is 1. The molecule has 10 heteroatoms. The Morgan fingerprint density at radius 1 is 0.886 bits per heavy atom. The van der Waals surface area contributed by atoms with Crippen LogP contribution >= 0.6 is 0 Å². The van der Waals surface area contributed by atoms with Gasteiger partial charge >= 0.3 is 0 Å². The van der Waals surface area contributed by atoms with Gasteiger partial charge in [-0.1, -0.05) is 12.1 Å². The predicted molar refractivity (Wildman–Crippen MR) is 133 cm³/mol. The number of hydrogen-bond acceptors (Lipinski definition) is 8. The van der Waals surface area contributed by atoms with Gasteiger partial charge in [0.1, 0.15) is 5.82 Å². The molecule has 2 aromatic heterocycles. The average molecular weight is 477 g/mol. The third-order valence-corrected chi connectivity index (χ3v) is 6.25. The van der Waals surface area contributed by atoms with Crippen LogP contribution in [0.1, 0.15) is 12.0 Å². The highest BCUT2D eigenvalue weighted by atomic mass is 19.1. The SMILES string of the molecule is O=C1CN2CCN(CC2)Cc2cccc(c2F)Nc2nccc(n2)-c2ccc(nc2)NCCCN1. The second-order valence-electron chi connectivity index (χ2n) is 8.78. The summed E-state index contributed by atoms with van der Waals surface area (Å²) >= 11 is 0. The van der Waals surface area contributed by atoms with Gasteiger partial charge in [0.15, 0.2) is 5.82 Å². The molecule has 0 unspecified atom stereocenters. The topological polar surface area (TPSA) is 98.3 Å². The molecule has 0 radical (unpaired) electrons. The van der Waals surface area contributed by atoms with Crippen molar-refractivity contribution in [3.63, 3.8) is 0 Å². The zero-order valence-electron chi connectivity index (χ0n) is 19.5. The first-order valence-corrected chi connectivity index (χ1v) is 11.9. The second kappa shape index (κ2) is 10.7. The van der Waals surface area contributed by atoms with Gasteiger partial charge in [-0.3, -0.25) is 14.6 Å². The van der Waals surface area contributed by atoms with E-state index < -0.39 is 0 Å². The molecule has 1 aromatic carbocycles. The molecular weight excluding hydrogens is 447 g/mol. The highest BCUT2D eigenvalue weighted by Crippen LogP contribution is 2.24. The fraction of sp³-hybridized carbons (Fsp3) is 0.360. The molecular formula is C25H29FN8O. The normalized spacial score (nSPS) is 21.0. The minimum absolute atomic E-state index is 0.0343. The summed E-state index contributed by atoms with van der Waals surface area (Å²) in [7, 11) is 0. The van der Waals surface area contributed by atoms with Gasteiger partial charge in [0.25, 0.3) is 0 Å². The summed E-state index contributed by atoms with van der Waals surface area (Å²) in [5.74, 6) is 0.804. The predicted octanol–water partition coefficient (Wildman–Crippen LogP) is 2.47. The van der Waals surface area contributed by atoms with Crippen LogP contribution in [0.2, 0.25) is 0 Å². The average Bonchev–Trinajstić information content (AvgIpc) is 2.87. The van der Waals surface area contributed by atoms with Crippen LogP contribution < -0.4 is 16.0 Å². The molecule has 1 fully saturated rings. The van der Waals surface area contributed by atoms with Crippen molar-refractivity contribution in [3.8, 4) is 11.3 Å². The summed E-state index contributed by atoms with van der Waals surface area (Å²) in [6, 6.07) is 10.9. The van der Waals surface area contributed by atoms with Crippen molar-refractivity contribution in [1.29, 1.82) is 0 Å². The number of rotatable bonds is 0. The van der Waals surface area contributed by atoms with Gasteiger partial charge in [-0.25, -0.2) is 19.3 Å². The number of anilines is 3. The van der Waals surface area contributed by atoms with Crippen LogP contribution in [0.15, 0.2) is 48.8 Å². The summed E-state index contributed by atoms with van der Waals surface area (Å²) < 4.78 is 15.3. The van der Waals surface area contributed by atoms with E-state index in [-0.39, 0.29) is 11.7 Å². The Hall–Kier alpha value is -3.63. The highest BCUT2D eigenvalue weighted by molar-refractivity contribution is 5.78. The van der Waals surface area contributed by atoms with Crippen LogP contribution in [0.3, 0.4) is 0 Å². The number of hydrogen-bond donors (Lipinski definition) is 3. The van der Waals surface area contributed by atoms with Crippen molar-refractivity contribution in [1.82, 2.24) is 30.1 Å². The van der Waals surface area contributed by atoms with Crippen LogP contribution in [0.25, 0.3) is 11.3 Å². The Bertz CT molecular complexity index is 1160. The number of carbonyl (C=O) groups excluding carboxylic acids is 1. The van der Waals surface area contributed by atoms with Crippen LogP contribution in [0.5, 0.6) is 0 Å². The van der Waals surface area contributed by atoms with Crippen molar-refractivity contribution in [2.24, 2.45) is 0 Å². The number of amides is 1. The van der Waals surface area contributed by atoms with E-state index in [0.717, 1.165) is 44.0 Å². The number of nitrogens with one attached hydrogen (secondary N) is 3. The van der Waals surface area contributed by atoms with Crippen LogP contribution in [-0.4, -0.2) is 76.5 Å². The monoisotopic (exact) mass is 476 g/mol. The largest absolute Gasteiger partial charge is 0.370 e. The summed E-state index contributed by atoms with van der Waals surface area (Å²) in [5, 5.41) is 9.30. The Balaban J connectivity index is 1.39. The van der Waals surface area contributed by atoms with E-state index in [2.05, 4.69) is 40.7 Å². The lowest BCUT2D eigenvalue weighted by Crippen LogP contribution is -2.49. The molecule has 1 saturated heterocycles. The van der Waals surface area contributed by atoms with Crippen molar-refractivity contribution in [2.75, 3.05) is 56.4 Å².